The Morgan fingerprint density at radius 1 is 1.00 bits per heavy atom. The van der Waals surface area contributed by atoms with E-state index in [0.717, 1.165) is 44.0 Å². The van der Waals surface area contributed by atoms with E-state index in [2.05, 4.69) is 46.9 Å². The summed E-state index contributed by atoms with van der Waals surface area (Å²) in [5, 5.41) is 0. The summed E-state index contributed by atoms with van der Waals surface area (Å²) in [4.78, 5) is 26.0. The molecule has 1 spiro atoms. The van der Waals surface area contributed by atoms with Gasteiger partial charge in [-0.25, -0.2) is 0 Å². The number of likely N-dealkylation sites (tertiary alicyclic amines) is 2. The maximum Gasteiger partial charge on any atom is 0.222 e. The van der Waals surface area contributed by atoms with Crippen molar-refractivity contribution in [3.8, 4) is 0 Å². The number of hydrogen-bond acceptors (Lipinski definition) is 4. The Balaban J connectivity index is 1.44. The van der Waals surface area contributed by atoms with E-state index in [1.54, 1.807) is 12.4 Å². The van der Waals surface area contributed by atoms with Crippen LogP contribution in [-0.2, 0) is 17.9 Å². The first-order chi connectivity index (χ1) is 13.9. The maximum absolute atomic E-state index is 12.6. The van der Waals surface area contributed by atoms with Crippen LogP contribution < -0.4 is 0 Å². The molecule has 1 amide bonds. The quantitative estimate of drug-likeness (QED) is 0.794. The lowest BCUT2D eigenvalue weighted by Gasteiger charge is -2.48. The van der Waals surface area contributed by atoms with Gasteiger partial charge in [0, 0.05) is 37.7 Å². The number of benzene rings is 1. The van der Waals surface area contributed by atoms with Gasteiger partial charge in [-0.3, -0.25) is 19.7 Å². The summed E-state index contributed by atoms with van der Waals surface area (Å²) in [7, 11) is 0. The van der Waals surface area contributed by atoms with Crippen molar-refractivity contribution < 1.29 is 4.79 Å². The highest BCUT2D eigenvalue weighted by Crippen LogP contribution is 2.39. The summed E-state index contributed by atoms with van der Waals surface area (Å²) < 4.78 is 0. The molecular weight excluding hydrogens is 360 g/mol. The Morgan fingerprint density at radius 2 is 1.86 bits per heavy atom. The Bertz CT molecular complexity index is 879. The zero-order valence-corrected chi connectivity index (χ0v) is 17.9. The van der Waals surface area contributed by atoms with Crippen LogP contribution in [0.15, 0.2) is 30.6 Å². The number of carbonyl (C=O) groups is 1. The number of aromatic nitrogens is 2. The topological polar surface area (TPSA) is 49.3 Å². The van der Waals surface area contributed by atoms with Crippen molar-refractivity contribution in [1.29, 1.82) is 0 Å². The fraction of sp³-hybridized carbons (Fsp3) is 0.542. The van der Waals surface area contributed by atoms with Crippen molar-refractivity contribution >= 4 is 5.91 Å². The molecule has 0 aliphatic carbocycles. The highest BCUT2D eigenvalue weighted by atomic mass is 16.2. The molecule has 0 bridgehead atoms. The zero-order chi connectivity index (χ0) is 20.4. The molecule has 2 fully saturated rings. The minimum atomic E-state index is 0.212. The summed E-state index contributed by atoms with van der Waals surface area (Å²) in [5.74, 6) is 0.254. The van der Waals surface area contributed by atoms with Gasteiger partial charge in [0.25, 0.3) is 0 Å². The monoisotopic (exact) mass is 392 g/mol. The number of carbonyl (C=O) groups excluding carboxylic acids is 1. The lowest BCUT2D eigenvalue weighted by molar-refractivity contribution is -0.140. The van der Waals surface area contributed by atoms with Crippen molar-refractivity contribution in [3.05, 3.63) is 58.7 Å². The minimum absolute atomic E-state index is 0.212. The molecule has 1 atom stereocenters. The Hall–Kier alpha value is -2.27. The van der Waals surface area contributed by atoms with Gasteiger partial charge < -0.3 is 4.90 Å². The molecule has 2 aliphatic heterocycles. The van der Waals surface area contributed by atoms with Crippen LogP contribution in [0.4, 0.5) is 0 Å². The third-order valence-corrected chi connectivity index (χ3v) is 6.65. The van der Waals surface area contributed by atoms with E-state index in [1.165, 1.54) is 29.5 Å². The number of aryl methyl sites for hydroxylation is 3. The predicted octanol–water partition coefficient (Wildman–Crippen LogP) is 3.81. The van der Waals surface area contributed by atoms with Crippen LogP contribution >= 0.6 is 0 Å². The SMILES string of the molecule is Cc1cnc(CN2C[C@]3(CCCN(Cc4ccc(C)c(C)c4)C3)CCC2=O)cn1. The van der Waals surface area contributed by atoms with Crippen molar-refractivity contribution in [3.63, 3.8) is 0 Å². The Labute approximate surface area is 174 Å². The number of piperidine rings is 2. The van der Waals surface area contributed by atoms with Crippen LogP contribution in [0.1, 0.15) is 53.8 Å². The molecule has 3 heterocycles. The molecule has 0 unspecified atom stereocenters. The third kappa shape index (κ3) is 4.67. The second-order valence-electron chi connectivity index (χ2n) is 9.13. The molecule has 29 heavy (non-hydrogen) atoms. The molecule has 5 heteroatoms. The zero-order valence-electron chi connectivity index (χ0n) is 17.9. The van der Waals surface area contributed by atoms with Gasteiger partial charge in [-0.2, -0.15) is 0 Å². The fourth-order valence-corrected chi connectivity index (χ4v) is 4.88. The molecule has 2 aromatic rings. The van der Waals surface area contributed by atoms with Crippen LogP contribution in [0.2, 0.25) is 0 Å². The molecule has 2 aliphatic rings. The summed E-state index contributed by atoms with van der Waals surface area (Å²) in [6, 6.07) is 6.81. The summed E-state index contributed by atoms with van der Waals surface area (Å²) >= 11 is 0. The largest absolute Gasteiger partial charge is 0.336 e. The van der Waals surface area contributed by atoms with Crippen LogP contribution in [0, 0.1) is 26.2 Å². The van der Waals surface area contributed by atoms with E-state index in [0.29, 0.717) is 13.0 Å². The van der Waals surface area contributed by atoms with Gasteiger partial charge in [-0.1, -0.05) is 18.2 Å². The van der Waals surface area contributed by atoms with E-state index in [-0.39, 0.29) is 11.3 Å². The van der Waals surface area contributed by atoms with Gasteiger partial charge in [0.05, 0.1) is 24.1 Å². The van der Waals surface area contributed by atoms with Crippen molar-refractivity contribution in [1.82, 2.24) is 19.8 Å². The summed E-state index contributed by atoms with van der Waals surface area (Å²) in [5.41, 5.74) is 6.11. The van der Waals surface area contributed by atoms with Gasteiger partial charge in [0.15, 0.2) is 0 Å². The molecule has 2 saturated heterocycles. The van der Waals surface area contributed by atoms with Crippen LogP contribution in [0.5, 0.6) is 0 Å². The average Bonchev–Trinajstić information content (AvgIpc) is 2.70. The summed E-state index contributed by atoms with van der Waals surface area (Å²) in [6.45, 7) is 10.9. The van der Waals surface area contributed by atoms with Crippen molar-refractivity contribution in [2.24, 2.45) is 5.41 Å². The van der Waals surface area contributed by atoms with Gasteiger partial charge in [0.2, 0.25) is 5.91 Å². The van der Waals surface area contributed by atoms with E-state index < -0.39 is 0 Å². The van der Waals surface area contributed by atoms with Crippen molar-refractivity contribution in [2.75, 3.05) is 19.6 Å². The van der Waals surface area contributed by atoms with Gasteiger partial charge >= 0.3 is 0 Å². The first kappa shape index (κ1) is 20.0. The highest BCUT2D eigenvalue weighted by molar-refractivity contribution is 5.77. The van der Waals surface area contributed by atoms with Crippen LogP contribution in [0.25, 0.3) is 0 Å². The van der Waals surface area contributed by atoms with Gasteiger partial charge in [-0.05, 0) is 63.3 Å². The smallest absolute Gasteiger partial charge is 0.222 e. The highest BCUT2D eigenvalue weighted by Gasteiger charge is 2.41. The molecule has 1 aromatic carbocycles. The second kappa shape index (κ2) is 8.23. The molecule has 0 N–H and O–H groups in total. The van der Waals surface area contributed by atoms with Gasteiger partial charge in [0.1, 0.15) is 0 Å². The van der Waals surface area contributed by atoms with E-state index in [1.807, 2.05) is 11.8 Å². The van der Waals surface area contributed by atoms with Crippen molar-refractivity contribution in [2.45, 2.75) is 59.5 Å². The third-order valence-electron chi connectivity index (χ3n) is 6.65. The first-order valence-electron chi connectivity index (χ1n) is 10.8. The second-order valence-corrected chi connectivity index (χ2v) is 9.13. The predicted molar refractivity (Wildman–Crippen MR) is 114 cm³/mol. The summed E-state index contributed by atoms with van der Waals surface area (Å²) in [6.07, 6.45) is 7.65. The number of rotatable bonds is 4. The van der Waals surface area contributed by atoms with Gasteiger partial charge in [-0.15, -0.1) is 0 Å². The standard InChI is InChI=1S/C24H32N4O/c1-18-5-6-21(11-19(18)2)14-27-10-4-8-24(16-27)9-7-23(29)28(17-24)15-22-13-25-20(3)12-26-22/h5-6,11-13H,4,7-10,14-17H2,1-3H3/t24-/m1/s1. The number of amides is 1. The normalized spacial score (nSPS) is 23.0. The van der Waals surface area contributed by atoms with E-state index >= 15 is 0 Å². The molecular formula is C24H32N4O. The first-order valence-corrected chi connectivity index (χ1v) is 10.8. The van der Waals surface area contributed by atoms with E-state index in [9.17, 15) is 4.79 Å². The number of nitrogens with zero attached hydrogens (tertiary/aromatic N) is 4. The molecule has 154 valence electrons. The minimum Gasteiger partial charge on any atom is -0.336 e. The molecule has 5 nitrogen and oxygen atoms in total. The Morgan fingerprint density at radius 3 is 2.62 bits per heavy atom. The molecule has 0 saturated carbocycles. The number of hydrogen-bond donors (Lipinski definition) is 0. The average molecular weight is 393 g/mol. The lowest BCUT2D eigenvalue weighted by Crippen LogP contribution is -2.53. The maximum atomic E-state index is 12.6. The van der Waals surface area contributed by atoms with Crippen LogP contribution in [-0.4, -0.2) is 45.3 Å². The van der Waals surface area contributed by atoms with Crippen LogP contribution in [0.3, 0.4) is 0 Å². The fourth-order valence-electron chi connectivity index (χ4n) is 4.88. The molecule has 4 rings (SSSR count). The lowest BCUT2D eigenvalue weighted by atomic mass is 9.73. The molecule has 0 radical (unpaired) electrons. The van der Waals surface area contributed by atoms with E-state index in [4.69, 9.17) is 0 Å². The Kier molecular flexibility index (Phi) is 5.68. The molecule has 1 aromatic heterocycles.